The zero-order chi connectivity index (χ0) is 12.3. The number of hydrogen-bond donors (Lipinski definition) is 2. The summed E-state index contributed by atoms with van der Waals surface area (Å²) in [5.41, 5.74) is 3.47. The Morgan fingerprint density at radius 2 is 1.19 bits per heavy atom. The lowest BCUT2D eigenvalue weighted by atomic mass is 10.1. The predicted molar refractivity (Wildman–Crippen MR) is 64.5 cm³/mol. The van der Waals surface area contributed by atoms with Crippen LogP contribution in [0, 0.1) is 13.8 Å². The molecule has 2 N–H and O–H groups in total. The van der Waals surface area contributed by atoms with E-state index in [-0.39, 0.29) is 11.8 Å². The predicted octanol–water partition coefficient (Wildman–Crippen LogP) is 2.22. The van der Waals surface area contributed by atoms with Crippen molar-refractivity contribution in [1.82, 2.24) is 0 Å². The Morgan fingerprint density at radius 1 is 0.875 bits per heavy atom. The molecule has 0 heterocycles. The minimum absolute atomic E-state index is 0.102. The number of hydrogen-bond acceptors (Lipinski definition) is 2. The molecular weight excluding hydrogens is 204 g/mol. The second-order valence-electron chi connectivity index (χ2n) is 3.77. The van der Waals surface area contributed by atoms with Crippen LogP contribution in [0.2, 0.25) is 0 Å². The first-order valence-corrected chi connectivity index (χ1v) is 5.07. The molecule has 0 unspecified atom stereocenters. The van der Waals surface area contributed by atoms with Gasteiger partial charge >= 0.3 is 0 Å². The standard InChI is InChI=1S/C12H16N2O2/c1-7-8(2)12(14-10(4)16)6-5-11(7)13-9(3)15/h5-6H,1-4H3,(H,13,15)(H,14,16). The van der Waals surface area contributed by atoms with Crippen LogP contribution in [0.3, 0.4) is 0 Å². The number of amides is 2. The van der Waals surface area contributed by atoms with E-state index in [1.165, 1.54) is 13.8 Å². The van der Waals surface area contributed by atoms with Crippen LogP contribution in [0.15, 0.2) is 12.1 Å². The highest BCUT2D eigenvalue weighted by Gasteiger charge is 2.07. The third-order valence-electron chi connectivity index (χ3n) is 2.41. The average molecular weight is 220 g/mol. The van der Waals surface area contributed by atoms with Gasteiger partial charge in [-0.25, -0.2) is 0 Å². The van der Waals surface area contributed by atoms with Crippen LogP contribution < -0.4 is 10.6 Å². The molecular formula is C12H16N2O2. The maximum atomic E-state index is 11.0. The minimum atomic E-state index is -0.102. The molecule has 0 aliphatic rings. The molecule has 16 heavy (non-hydrogen) atoms. The Kier molecular flexibility index (Phi) is 3.66. The van der Waals surface area contributed by atoms with E-state index in [1.807, 2.05) is 13.8 Å². The lowest BCUT2D eigenvalue weighted by Gasteiger charge is -2.13. The van der Waals surface area contributed by atoms with Crippen LogP contribution in [0.4, 0.5) is 11.4 Å². The molecule has 1 aromatic carbocycles. The van der Waals surface area contributed by atoms with E-state index < -0.39 is 0 Å². The van der Waals surface area contributed by atoms with Crippen LogP contribution in [0.1, 0.15) is 25.0 Å². The largest absolute Gasteiger partial charge is 0.326 e. The topological polar surface area (TPSA) is 58.2 Å². The van der Waals surface area contributed by atoms with E-state index in [9.17, 15) is 9.59 Å². The first-order chi connectivity index (χ1) is 7.41. The van der Waals surface area contributed by atoms with Gasteiger partial charge in [0, 0.05) is 25.2 Å². The lowest BCUT2D eigenvalue weighted by molar-refractivity contribution is -0.115. The van der Waals surface area contributed by atoms with Gasteiger partial charge in [0.05, 0.1) is 0 Å². The highest BCUT2D eigenvalue weighted by molar-refractivity contribution is 5.93. The van der Waals surface area contributed by atoms with E-state index in [0.717, 1.165) is 22.5 Å². The van der Waals surface area contributed by atoms with Crippen molar-refractivity contribution in [2.75, 3.05) is 10.6 Å². The van der Waals surface area contributed by atoms with Crippen LogP contribution in [-0.4, -0.2) is 11.8 Å². The maximum Gasteiger partial charge on any atom is 0.221 e. The van der Waals surface area contributed by atoms with Gasteiger partial charge in [0.1, 0.15) is 0 Å². The second kappa shape index (κ2) is 4.79. The third-order valence-corrected chi connectivity index (χ3v) is 2.41. The molecule has 0 fully saturated rings. The Labute approximate surface area is 95.0 Å². The Morgan fingerprint density at radius 3 is 1.44 bits per heavy atom. The normalized spacial score (nSPS) is 9.75. The summed E-state index contributed by atoms with van der Waals surface area (Å²) in [6, 6.07) is 3.57. The Balaban J connectivity index is 3.07. The van der Waals surface area contributed by atoms with Crippen molar-refractivity contribution in [3.05, 3.63) is 23.3 Å². The molecule has 0 aromatic heterocycles. The molecule has 0 saturated heterocycles. The molecule has 2 amide bonds. The maximum absolute atomic E-state index is 11.0. The van der Waals surface area contributed by atoms with E-state index in [0.29, 0.717) is 0 Å². The summed E-state index contributed by atoms with van der Waals surface area (Å²) in [4.78, 5) is 21.9. The number of nitrogens with one attached hydrogen (secondary N) is 2. The average Bonchev–Trinajstić information content (AvgIpc) is 2.16. The summed E-state index contributed by atoms with van der Waals surface area (Å²) in [7, 11) is 0. The van der Waals surface area contributed by atoms with Crippen molar-refractivity contribution >= 4 is 23.2 Å². The third kappa shape index (κ3) is 2.82. The molecule has 0 spiro atoms. The van der Waals surface area contributed by atoms with Gasteiger partial charge < -0.3 is 10.6 Å². The monoisotopic (exact) mass is 220 g/mol. The molecule has 86 valence electrons. The first kappa shape index (κ1) is 12.2. The van der Waals surface area contributed by atoms with E-state index >= 15 is 0 Å². The fourth-order valence-electron chi connectivity index (χ4n) is 1.47. The van der Waals surface area contributed by atoms with Gasteiger partial charge in [-0.2, -0.15) is 0 Å². The molecule has 0 radical (unpaired) electrons. The van der Waals surface area contributed by atoms with Crippen molar-refractivity contribution in [2.45, 2.75) is 27.7 Å². The fraction of sp³-hybridized carbons (Fsp3) is 0.333. The lowest BCUT2D eigenvalue weighted by Crippen LogP contribution is -2.11. The van der Waals surface area contributed by atoms with Gasteiger partial charge in [0.25, 0.3) is 0 Å². The number of benzene rings is 1. The molecule has 1 rings (SSSR count). The van der Waals surface area contributed by atoms with E-state index in [1.54, 1.807) is 12.1 Å². The summed E-state index contributed by atoms with van der Waals surface area (Å²) in [6.07, 6.45) is 0. The molecule has 4 nitrogen and oxygen atoms in total. The summed E-state index contributed by atoms with van der Waals surface area (Å²) >= 11 is 0. The molecule has 0 saturated carbocycles. The van der Waals surface area contributed by atoms with Crippen LogP contribution in [-0.2, 0) is 9.59 Å². The van der Waals surface area contributed by atoms with Crippen molar-refractivity contribution in [1.29, 1.82) is 0 Å². The van der Waals surface area contributed by atoms with E-state index in [2.05, 4.69) is 10.6 Å². The number of rotatable bonds is 2. The van der Waals surface area contributed by atoms with Gasteiger partial charge in [-0.3, -0.25) is 9.59 Å². The number of carbonyl (C=O) groups is 2. The quantitative estimate of drug-likeness (QED) is 0.802. The van der Waals surface area contributed by atoms with Crippen molar-refractivity contribution in [3.63, 3.8) is 0 Å². The summed E-state index contributed by atoms with van der Waals surface area (Å²) in [5.74, 6) is -0.204. The molecule has 0 aliphatic carbocycles. The first-order valence-electron chi connectivity index (χ1n) is 5.07. The van der Waals surface area contributed by atoms with E-state index in [4.69, 9.17) is 0 Å². The van der Waals surface area contributed by atoms with Gasteiger partial charge in [-0.05, 0) is 37.1 Å². The van der Waals surface area contributed by atoms with Gasteiger partial charge in [0.2, 0.25) is 11.8 Å². The highest BCUT2D eigenvalue weighted by atomic mass is 16.2. The van der Waals surface area contributed by atoms with Crippen molar-refractivity contribution in [2.24, 2.45) is 0 Å². The van der Waals surface area contributed by atoms with Gasteiger partial charge in [0.15, 0.2) is 0 Å². The smallest absolute Gasteiger partial charge is 0.221 e. The Bertz CT molecular complexity index is 398. The van der Waals surface area contributed by atoms with Crippen molar-refractivity contribution < 1.29 is 9.59 Å². The van der Waals surface area contributed by atoms with Crippen LogP contribution in [0.5, 0.6) is 0 Å². The second-order valence-corrected chi connectivity index (χ2v) is 3.77. The molecule has 4 heteroatoms. The Hall–Kier alpha value is -1.84. The molecule has 0 aliphatic heterocycles. The SMILES string of the molecule is CC(=O)Nc1ccc(NC(C)=O)c(C)c1C. The number of carbonyl (C=O) groups excluding carboxylic acids is 2. The minimum Gasteiger partial charge on any atom is -0.326 e. The molecule has 1 aromatic rings. The fourth-order valence-corrected chi connectivity index (χ4v) is 1.47. The summed E-state index contributed by atoms with van der Waals surface area (Å²) < 4.78 is 0. The summed E-state index contributed by atoms with van der Waals surface area (Å²) in [6.45, 7) is 6.75. The zero-order valence-electron chi connectivity index (χ0n) is 9.97. The summed E-state index contributed by atoms with van der Waals surface area (Å²) in [5, 5.41) is 5.49. The van der Waals surface area contributed by atoms with Gasteiger partial charge in [-0.15, -0.1) is 0 Å². The van der Waals surface area contributed by atoms with Crippen LogP contribution in [0.25, 0.3) is 0 Å². The van der Waals surface area contributed by atoms with Gasteiger partial charge in [-0.1, -0.05) is 0 Å². The highest BCUT2D eigenvalue weighted by Crippen LogP contribution is 2.25. The molecule has 0 atom stereocenters. The van der Waals surface area contributed by atoms with Crippen LogP contribution >= 0.6 is 0 Å². The number of anilines is 2. The molecule has 0 bridgehead atoms. The zero-order valence-corrected chi connectivity index (χ0v) is 9.97. The van der Waals surface area contributed by atoms with Crippen molar-refractivity contribution in [3.8, 4) is 0 Å².